The summed E-state index contributed by atoms with van der Waals surface area (Å²) in [4.78, 5) is 44.8. The summed E-state index contributed by atoms with van der Waals surface area (Å²) < 4.78 is 8.47. The minimum Gasteiger partial charge on any atom is -0.381 e. The molecule has 43 heavy (non-hydrogen) atoms. The molecule has 0 saturated carbocycles. The summed E-state index contributed by atoms with van der Waals surface area (Å²) >= 11 is 6.14. The fraction of sp³-hybridized carbons (Fsp3) is 0.345. The van der Waals surface area contributed by atoms with Gasteiger partial charge in [-0.1, -0.05) is 23.7 Å². The number of pyridine rings is 1. The molecule has 224 valence electrons. The van der Waals surface area contributed by atoms with Crippen molar-refractivity contribution in [1.82, 2.24) is 34.8 Å². The highest BCUT2D eigenvalue weighted by Crippen LogP contribution is 2.27. The van der Waals surface area contributed by atoms with E-state index in [-0.39, 0.29) is 11.7 Å². The average Bonchev–Trinajstić information content (AvgIpc) is 3.20. The monoisotopic (exact) mass is 604 g/mol. The van der Waals surface area contributed by atoms with E-state index in [4.69, 9.17) is 32.0 Å². The van der Waals surface area contributed by atoms with Crippen LogP contribution in [0.15, 0.2) is 53.5 Å². The maximum absolute atomic E-state index is 13.3. The van der Waals surface area contributed by atoms with Gasteiger partial charge in [-0.2, -0.15) is 0 Å². The molecule has 0 unspecified atom stereocenters. The molecular formula is C29H33ClN10O3. The van der Waals surface area contributed by atoms with Crippen molar-refractivity contribution >= 4 is 35.0 Å². The number of methoxy groups -OCH3 is 1. The molecule has 1 aromatic carbocycles. The smallest absolute Gasteiger partial charge is 0.284 e. The van der Waals surface area contributed by atoms with E-state index in [1.807, 2.05) is 23.1 Å². The number of nitrogen functional groups attached to an aromatic ring is 1. The minimum atomic E-state index is -0.460. The van der Waals surface area contributed by atoms with Crippen LogP contribution in [0.4, 0.5) is 17.5 Å². The van der Waals surface area contributed by atoms with Crippen LogP contribution in [0.1, 0.15) is 16.1 Å². The van der Waals surface area contributed by atoms with Crippen LogP contribution in [0, 0.1) is 6.92 Å². The van der Waals surface area contributed by atoms with Crippen molar-refractivity contribution in [2.45, 2.75) is 13.0 Å². The molecule has 2 aliphatic heterocycles. The zero-order chi connectivity index (χ0) is 30.2. The Morgan fingerprint density at radius 3 is 2.51 bits per heavy atom. The highest BCUT2D eigenvalue weighted by Gasteiger charge is 2.29. The van der Waals surface area contributed by atoms with Crippen LogP contribution >= 0.6 is 11.6 Å². The number of carbonyl (C=O) groups excluding carboxylic acids is 1. The summed E-state index contributed by atoms with van der Waals surface area (Å²) in [5.41, 5.74) is 11.3. The van der Waals surface area contributed by atoms with Gasteiger partial charge in [0.05, 0.1) is 29.4 Å². The molecule has 2 fully saturated rings. The van der Waals surface area contributed by atoms with Crippen LogP contribution in [0.2, 0.25) is 5.02 Å². The number of nitrogens with two attached hydrogens (primary N) is 1. The third-order valence-electron chi connectivity index (χ3n) is 7.96. The molecule has 0 spiro atoms. The normalized spacial score (nSPS) is 15.9. The van der Waals surface area contributed by atoms with E-state index in [9.17, 15) is 9.59 Å². The van der Waals surface area contributed by atoms with E-state index in [0.29, 0.717) is 65.6 Å². The van der Waals surface area contributed by atoms with Gasteiger partial charge in [-0.05, 0) is 37.3 Å². The Morgan fingerprint density at radius 1 is 1.05 bits per heavy atom. The van der Waals surface area contributed by atoms with Crippen molar-refractivity contribution in [2.24, 2.45) is 7.05 Å². The number of rotatable bonds is 7. The molecule has 0 radical (unpaired) electrons. The van der Waals surface area contributed by atoms with Crippen molar-refractivity contribution in [1.29, 1.82) is 0 Å². The third kappa shape index (κ3) is 5.54. The van der Waals surface area contributed by atoms with Crippen molar-refractivity contribution in [3.05, 3.63) is 75.3 Å². The molecule has 0 atom stereocenters. The number of hydrazine groups is 1. The van der Waals surface area contributed by atoms with Gasteiger partial charge in [0, 0.05) is 58.4 Å². The molecular weight excluding hydrogens is 572 g/mol. The van der Waals surface area contributed by atoms with Gasteiger partial charge >= 0.3 is 0 Å². The fourth-order valence-electron chi connectivity index (χ4n) is 5.36. The van der Waals surface area contributed by atoms with Crippen LogP contribution in [0.25, 0.3) is 17.1 Å². The second-order valence-corrected chi connectivity index (χ2v) is 11.0. The van der Waals surface area contributed by atoms with Gasteiger partial charge in [-0.15, -0.1) is 0 Å². The predicted octanol–water partition coefficient (Wildman–Crippen LogP) is 1.87. The summed E-state index contributed by atoms with van der Waals surface area (Å²) in [5, 5.41) is 2.30. The number of hydrogen-bond donors (Lipinski definition) is 2. The van der Waals surface area contributed by atoms with Gasteiger partial charge in [-0.3, -0.25) is 19.7 Å². The first-order valence-corrected chi connectivity index (χ1v) is 14.3. The van der Waals surface area contributed by atoms with Crippen molar-refractivity contribution in [3.63, 3.8) is 0 Å². The molecule has 6 rings (SSSR count). The molecule has 3 N–H and O–H groups in total. The maximum Gasteiger partial charge on any atom is 0.284 e. The van der Waals surface area contributed by atoms with Crippen molar-refractivity contribution in [2.75, 3.05) is 61.9 Å². The number of halogens is 1. The van der Waals surface area contributed by atoms with Gasteiger partial charge in [0.25, 0.3) is 11.5 Å². The number of carbonyl (C=O) groups is 1. The largest absolute Gasteiger partial charge is 0.381 e. The minimum absolute atomic E-state index is 0.0819. The van der Waals surface area contributed by atoms with E-state index >= 15 is 0 Å². The number of benzene rings is 1. The number of anilines is 3. The zero-order valence-corrected chi connectivity index (χ0v) is 25.0. The first kappa shape index (κ1) is 28.6. The standard InChI is InChI=1S/C29H33ClN10O3/c1-18-25(29(42)40(36(18)2)20-7-4-6-19(30)14-20)28(41)35-39-12-10-37(11-13-39)27-26(31)32-15-23(34-27)22-8-5-9-24(33-22)38-16-21(17-38)43-3/h4-9,14-15,21H,10-13,16-17H2,1-3H3,(H2,31,32)(H,35,41). The lowest BCUT2D eigenvalue weighted by Gasteiger charge is -2.39. The molecule has 14 heteroatoms. The Hall–Kier alpha value is -4.46. The van der Waals surface area contributed by atoms with E-state index in [2.05, 4.69) is 15.3 Å². The molecule has 2 saturated heterocycles. The summed E-state index contributed by atoms with van der Waals surface area (Å²) in [5.74, 6) is 1.30. The summed E-state index contributed by atoms with van der Waals surface area (Å²) in [6.07, 6.45) is 1.86. The quantitative estimate of drug-likeness (QED) is 0.321. The highest BCUT2D eigenvalue weighted by molar-refractivity contribution is 6.30. The van der Waals surface area contributed by atoms with E-state index in [1.165, 1.54) is 4.68 Å². The molecule has 3 aromatic heterocycles. The van der Waals surface area contributed by atoms with Gasteiger partial charge in [-0.25, -0.2) is 24.6 Å². The zero-order valence-electron chi connectivity index (χ0n) is 24.2. The van der Waals surface area contributed by atoms with Gasteiger partial charge in [0.2, 0.25) is 0 Å². The first-order valence-electron chi connectivity index (χ1n) is 14.0. The second kappa shape index (κ2) is 11.7. The Labute approximate surface area is 253 Å². The summed E-state index contributed by atoms with van der Waals surface area (Å²) in [6.45, 7) is 5.42. The lowest BCUT2D eigenvalue weighted by atomic mass is 10.1. The number of nitrogens with one attached hydrogen (secondary N) is 1. The highest BCUT2D eigenvalue weighted by atomic mass is 35.5. The predicted molar refractivity (Wildman–Crippen MR) is 165 cm³/mol. The van der Waals surface area contributed by atoms with Gasteiger partial charge < -0.3 is 20.3 Å². The Bertz CT molecular complexity index is 1720. The van der Waals surface area contributed by atoms with Gasteiger partial charge in [0.15, 0.2) is 11.6 Å². The maximum atomic E-state index is 13.3. The number of nitrogens with zero attached hydrogens (tertiary/aromatic N) is 8. The van der Waals surface area contributed by atoms with E-state index in [0.717, 1.165) is 18.9 Å². The lowest BCUT2D eigenvalue weighted by molar-refractivity contribution is 0.0774. The van der Waals surface area contributed by atoms with Crippen LogP contribution in [-0.4, -0.2) is 87.7 Å². The topological polar surface area (TPSA) is 140 Å². The van der Waals surface area contributed by atoms with Crippen molar-refractivity contribution < 1.29 is 9.53 Å². The molecule has 1 amide bonds. The molecule has 2 aliphatic rings. The van der Waals surface area contributed by atoms with Crippen LogP contribution in [0.5, 0.6) is 0 Å². The third-order valence-corrected chi connectivity index (χ3v) is 8.19. The lowest BCUT2D eigenvalue weighted by Crippen LogP contribution is -2.54. The summed E-state index contributed by atoms with van der Waals surface area (Å²) in [6, 6.07) is 12.8. The number of aromatic nitrogens is 5. The van der Waals surface area contributed by atoms with Crippen LogP contribution in [0.3, 0.4) is 0 Å². The molecule has 5 heterocycles. The number of amides is 1. The van der Waals surface area contributed by atoms with Crippen LogP contribution in [-0.2, 0) is 11.8 Å². The first-order chi connectivity index (χ1) is 20.7. The Kier molecular flexibility index (Phi) is 7.77. The number of piperazine rings is 1. The second-order valence-electron chi connectivity index (χ2n) is 10.6. The van der Waals surface area contributed by atoms with E-state index in [1.54, 1.807) is 61.2 Å². The van der Waals surface area contributed by atoms with Gasteiger partial charge in [0.1, 0.15) is 17.1 Å². The van der Waals surface area contributed by atoms with Crippen molar-refractivity contribution in [3.8, 4) is 17.1 Å². The molecule has 0 aliphatic carbocycles. The number of ether oxygens (including phenoxy) is 1. The Balaban J connectivity index is 1.13. The molecule has 13 nitrogen and oxygen atoms in total. The van der Waals surface area contributed by atoms with Crippen LogP contribution < -0.4 is 26.5 Å². The summed E-state index contributed by atoms with van der Waals surface area (Å²) in [7, 11) is 3.45. The number of hydrogen-bond acceptors (Lipinski definition) is 10. The fourth-order valence-corrected chi connectivity index (χ4v) is 5.54. The molecule has 0 bridgehead atoms. The average molecular weight is 605 g/mol. The molecule has 4 aromatic rings. The van der Waals surface area contributed by atoms with E-state index < -0.39 is 11.5 Å². The SMILES string of the molecule is COC1CN(c2cccc(-c3cnc(N)c(N4CCN(NC(=O)c5c(C)n(C)n(-c6cccc(Cl)c6)c5=O)CC4)n3)n2)C1. The Morgan fingerprint density at radius 2 is 1.79 bits per heavy atom.